The average molecular weight is 1320 g/mol. The second-order valence-corrected chi connectivity index (χ2v) is 32.4. The van der Waals surface area contributed by atoms with Gasteiger partial charge in [0, 0.05) is 57.3 Å². The summed E-state index contributed by atoms with van der Waals surface area (Å²) >= 11 is 0. The van der Waals surface area contributed by atoms with Gasteiger partial charge in [-0.1, -0.05) is 166 Å². The zero-order chi connectivity index (χ0) is 68.7. The number of halogens is 1. The number of likely N-dealkylation sites (tertiary alicyclic amines) is 1. The van der Waals surface area contributed by atoms with E-state index in [2.05, 4.69) is 150 Å². The van der Waals surface area contributed by atoms with Crippen molar-refractivity contribution in [1.29, 1.82) is 0 Å². The molecule has 2 aromatic carbocycles. The number of ether oxygens (including phenoxy) is 4. The zero-order valence-electron chi connectivity index (χ0n) is 63.3. The van der Waals surface area contributed by atoms with Gasteiger partial charge >= 0.3 is 5.97 Å². The largest absolute Gasteiger partial charge is 0.466 e. The minimum atomic E-state index is -0.181. The summed E-state index contributed by atoms with van der Waals surface area (Å²) in [5.74, 6) is 9.70. The van der Waals surface area contributed by atoms with Gasteiger partial charge in [-0.05, 0) is 257 Å². The Morgan fingerprint density at radius 1 is 0.660 bits per heavy atom. The molecule has 0 aromatic heterocycles. The molecule has 2 aromatic rings. The summed E-state index contributed by atoms with van der Waals surface area (Å²) in [4.78, 5) is 25.6. The first-order valence-corrected chi connectivity index (χ1v) is 38.3. The molecular formula is C83H147FN4O6. The van der Waals surface area contributed by atoms with Crippen LogP contribution in [0.25, 0.3) is 0 Å². The molecule has 0 bridgehead atoms. The summed E-state index contributed by atoms with van der Waals surface area (Å²) < 4.78 is 35.0. The fourth-order valence-corrected chi connectivity index (χ4v) is 15.8. The van der Waals surface area contributed by atoms with Crippen molar-refractivity contribution in [3.63, 3.8) is 0 Å². The van der Waals surface area contributed by atoms with E-state index in [-0.39, 0.29) is 42.7 Å². The van der Waals surface area contributed by atoms with Crippen LogP contribution in [0.4, 0.5) is 4.39 Å². The van der Waals surface area contributed by atoms with Crippen molar-refractivity contribution in [3.8, 4) is 0 Å². The summed E-state index contributed by atoms with van der Waals surface area (Å²) in [6.07, 6.45) is 27.0. The van der Waals surface area contributed by atoms with Crippen molar-refractivity contribution in [3.05, 3.63) is 71.5 Å². The Morgan fingerprint density at radius 3 is 1.73 bits per heavy atom. The van der Waals surface area contributed by atoms with E-state index in [0.717, 1.165) is 135 Å². The number of amides is 1. The maximum atomic E-state index is 12.8. The van der Waals surface area contributed by atoms with Crippen molar-refractivity contribution < 1.29 is 32.9 Å². The van der Waals surface area contributed by atoms with E-state index in [1.807, 2.05) is 39.8 Å². The van der Waals surface area contributed by atoms with E-state index in [1.165, 1.54) is 145 Å². The van der Waals surface area contributed by atoms with Gasteiger partial charge in [0.2, 0.25) is 5.91 Å². The van der Waals surface area contributed by atoms with Crippen LogP contribution in [0.2, 0.25) is 0 Å². The summed E-state index contributed by atoms with van der Waals surface area (Å²) in [6, 6.07) is 18.5. The second-order valence-electron chi connectivity index (χ2n) is 32.4. The van der Waals surface area contributed by atoms with Crippen LogP contribution in [0.3, 0.4) is 0 Å². The first-order chi connectivity index (χ1) is 44.2. The van der Waals surface area contributed by atoms with Gasteiger partial charge in [0.25, 0.3) is 0 Å². The summed E-state index contributed by atoms with van der Waals surface area (Å²) in [7, 11) is 0. The molecule has 8 aliphatic rings. The van der Waals surface area contributed by atoms with E-state index in [0.29, 0.717) is 36.4 Å². The van der Waals surface area contributed by atoms with Crippen LogP contribution in [0, 0.1) is 87.7 Å². The van der Waals surface area contributed by atoms with Gasteiger partial charge < -0.3 is 24.3 Å². The Hall–Kier alpha value is -3.22. The van der Waals surface area contributed by atoms with Gasteiger partial charge in [-0.3, -0.25) is 14.5 Å². The molecule has 7 unspecified atom stereocenters. The molecule has 2 saturated carbocycles. The molecule has 94 heavy (non-hydrogen) atoms. The molecule has 1 spiro atoms. The maximum absolute atomic E-state index is 12.8. The zero-order valence-corrected chi connectivity index (χ0v) is 63.3. The van der Waals surface area contributed by atoms with E-state index in [9.17, 15) is 14.0 Å². The predicted octanol–water partition coefficient (Wildman–Crippen LogP) is 21.4. The Kier molecular flexibility index (Phi) is 40.4. The highest BCUT2D eigenvalue weighted by atomic mass is 19.1. The van der Waals surface area contributed by atoms with Crippen LogP contribution >= 0.6 is 0 Å². The Bertz CT molecular complexity index is 2310. The molecule has 1 amide bonds. The molecule has 7 fully saturated rings. The lowest BCUT2D eigenvalue weighted by Gasteiger charge is -2.43. The number of nitrogens with zero attached hydrogens (tertiary/aromatic N) is 3. The number of piperidine rings is 2. The minimum absolute atomic E-state index is 0. The number of hydrogen-bond acceptors (Lipinski definition) is 9. The number of carbonyl (C=O) groups is 2. The van der Waals surface area contributed by atoms with E-state index >= 15 is 0 Å². The van der Waals surface area contributed by atoms with Gasteiger partial charge in [-0.25, -0.2) is 9.40 Å². The van der Waals surface area contributed by atoms with Gasteiger partial charge in [-0.2, -0.15) is 5.10 Å². The SMILES string of the molecule is C.CC(C)C1CCC2(CCOCC2)CC1.CC(C)C1CCCN(Cc2ccccc2)C1.CC(C)C1CCCNC1C.CC(C)C1CCOC(c2ccc(F)cc2)C1.CC(C)CC1CC(C(C)C)CCO1.CC1=NN(C(C)C)C(=O)C1.CCOC(=O)C1(C(C)C)CCCCC1. The summed E-state index contributed by atoms with van der Waals surface area (Å²) in [5.41, 5.74) is 4.00. The number of hydrogen-bond donors (Lipinski definition) is 1. The number of esters is 1. The van der Waals surface area contributed by atoms with Gasteiger partial charge in [0.1, 0.15) is 5.82 Å². The minimum Gasteiger partial charge on any atom is -0.466 e. The molecule has 6 heterocycles. The Balaban J connectivity index is 0.000000287. The third kappa shape index (κ3) is 30.1. The van der Waals surface area contributed by atoms with Crippen LogP contribution in [-0.4, -0.2) is 98.4 Å². The number of benzene rings is 2. The van der Waals surface area contributed by atoms with Crippen LogP contribution in [0.15, 0.2) is 59.7 Å². The molecule has 542 valence electrons. The number of nitrogens with one attached hydrogen (secondary N) is 1. The Morgan fingerprint density at radius 2 is 1.24 bits per heavy atom. The van der Waals surface area contributed by atoms with Crippen molar-refractivity contribution in [2.75, 3.05) is 52.7 Å². The molecule has 0 radical (unpaired) electrons. The van der Waals surface area contributed by atoms with Crippen molar-refractivity contribution >= 4 is 17.6 Å². The fraction of sp³-hybridized carbons (Fsp3) is 0.819. The molecule has 11 heteroatoms. The highest BCUT2D eigenvalue weighted by molar-refractivity contribution is 6.03. The number of rotatable bonds is 14. The highest BCUT2D eigenvalue weighted by Crippen LogP contribution is 2.48. The van der Waals surface area contributed by atoms with Crippen molar-refractivity contribution in [2.24, 2.45) is 86.9 Å². The van der Waals surface area contributed by atoms with Crippen LogP contribution in [-0.2, 0) is 35.1 Å². The van der Waals surface area contributed by atoms with Gasteiger partial charge in [0.05, 0.1) is 30.7 Å². The average Bonchev–Trinajstić information content (AvgIpc) is 1.30. The smallest absolute Gasteiger partial charge is 0.312 e. The second kappa shape index (κ2) is 44.7. The van der Waals surface area contributed by atoms with E-state index in [1.54, 1.807) is 0 Å². The predicted molar refractivity (Wildman–Crippen MR) is 396 cm³/mol. The van der Waals surface area contributed by atoms with E-state index in [4.69, 9.17) is 18.9 Å². The van der Waals surface area contributed by atoms with Crippen LogP contribution < -0.4 is 5.32 Å². The number of carbonyl (C=O) groups excluding carboxylic acids is 2. The standard InChI is InChI=1S/C15H23N.C14H19FO.C13H24O.C12H22O2.C12H24O.C9H19N.C7H12N2O.CH4/c1-13(2)15-9-6-10-16(12-15)11-14-7-4-3-5-8-14;1-10(2)12-7-8-16-14(9-12)11-3-5-13(15)6-4-11;1-11(2)12-3-5-13(6-4-12)7-9-14-10-8-13;1-4-14-11(13)12(10(2)3)8-6-5-7-9-12;1-9(2)7-12-8-11(10(3)4)5-6-13-12;1-7(2)9-5-4-6-10-8(9)3;1-5(2)9-7(10)4-6(3)8-9;/h3-5,7-8,13,15H,6,9-12H2,1-2H3;3-6,10,12,14H,7-9H2,1-2H3;11-12H,3-10H2,1-2H3;10H,4-9H2,1-3H3;9-12H,5-8H2,1-4H3;7-10H,4-6H2,1-3H3;5H,4H2,1-3H3;1H4. The lowest BCUT2D eigenvalue weighted by atomic mass is 9.64. The van der Waals surface area contributed by atoms with Crippen molar-refractivity contribution in [2.45, 2.75) is 305 Å². The Labute approximate surface area is 578 Å². The monoisotopic (exact) mass is 1320 g/mol. The highest BCUT2D eigenvalue weighted by Gasteiger charge is 2.43. The first-order valence-electron chi connectivity index (χ1n) is 38.3. The maximum Gasteiger partial charge on any atom is 0.312 e. The van der Waals surface area contributed by atoms with E-state index < -0.39 is 0 Å². The molecule has 5 saturated heterocycles. The van der Waals surface area contributed by atoms with Crippen molar-refractivity contribution in [1.82, 2.24) is 15.2 Å². The molecule has 1 N–H and O–H groups in total. The lowest BCUT2D eigenvalue weighted by Crippen LogP contribution is -2.41. The topological polar surface area (TPSA) is 102 Å². The van der Waals surface area contributed by atoms with Crippen LogP contribution in [0.5, 0.6) is 0 Å². The summed E-state index contributed by atoms with van der Waals surface area (Å²) in [5, 5.41) is 9.12. The normalized spacial score (nSPS) is 25.4. The quantitative estimate of drug-likeness (QED) is 0.187. The fourth-order valence-electron chi connectivity index (χ4n) is 15.8. The van der Waals surface area contributed by atoms with Crippen LogP contribution in [0.1, 0.15) is 291 Å². The third-order valence-corrected chi connectivity index (χ3v) is 22.6. The molecule has 10 nitrogen and oxygen atoms in total. The molecule has 7 atom stereocenters. The molecule has 2 aliphatic carbocycles. The first kappa shape index (κ1) is 85.0. The molecule has 10 rings (SSSR count). The molecule has 6 aliphatic heterocycles. The van der Waals surface area contributed by atoms with Gasteiger partial charge in [0.15, 0.2) is 0 Å². The molecular weight excluding hydrogens is 1170 g/mol. The lowest BCUT2D eigenvalue weighted by molar-refractivity contribution is -0.161. The third-order valence-electron chi connectivity index (χ3n) is 22.6. The van der Waals surface area contributed by atoms with Gasteiger partial charge in [-0.15, -0.1) is 0 Å². The summed E-state index contributed by atoms with van der Waals surface area (Å²) in [6.45, 7) is 51.4. The number of hydrazone groups is 1.